The van der Waals surface area contributed by atoms with Gasteiger partial charge in [0.25, 0.3) is 5.69 Å². The van der Waals surface area contributed by atoms with E-state index in [9.17, 15) is 19.7 Å². The number of ether oxygens (including phenoxy) is 1. The van der Waals surface area contributed by atoms with E-state index in [-0.39, 0.29) is 17.9 Å². The summed E-state index contributed by atoms with van der Waals surface area (Å²) in [4.78, 5) is 33.4. The number of unbranched alkanes of at least 4 members (excludes halogenated alkanes) is 1. The Balaban J connectivity index is 3.09. The fourth-order valence-corrected chi connectivity index (χ4v) is 1.87. The molecule has 0 aromatic heterocycles. The fraction of sp³-hybridized carbons (Fsp3) is 0.429. The summed E-state index contributed by atoms with van der Waals surface area (Å²) in [6, 6.07) is 3.62. The molecule has 2 unspecified atom stereocenters. The van der Waals surface area contributed by atoms with Gasteiger partial charge in [0.2, 0.25) is 0 Å². The highest BCUT2D eigenvalue weighted by Crippen LogP contribution is 2.25. The third-order valence-corrected chi connectivity index (χ3v) is 3.08. The molecular formula is C14H18N2O6. The maximum atomic E-state index is 12.1. The van der Waals surface area contributed by atoms with E-state index < -0.39 is 28.8 Å². The Morgan fingerprint density at radius 2 is 2.14 bits per heavy atom. The van der Waals surface area contributed by atoms with Crippen molar-refractivity contribution in [2.45, 2.75) is 31.7 Å². The molecule has 0 fully saturated rings. The molecule has 120 valence electrons. The molecule has 0 aliphatic carbocycles. The van der Waals surface area contributed by atoms with E-state index in [1.165, 1.54) is 18.2 Å². The van der Waals surface area contributed by atoms with Crippen LogP contribution in [0, 0.1) is 10.1 Å². The lowest BCUT2D eigenvalue weighted by molar-refractivity contribution is -0.384. The Hall–Kier alpha value is -2.48. The average Bonchev–Trinajstić information content (AvgIpc) is 2.47. The summed E-state index contributed by atoms with van der Waals surface area (Å²) in [7, 11) is 0. The number of nitro groups is 1. The van der Waals surface area contributed by atoms with Crippen LogP contribution in [0.1, 0.15) is 31.2 Å². The minimum atomic E-state index is -1.55. The summed E-state index contributed by atoms with van der Waals surface area (Å²) in [5.74, 6) is -3.48. The monoisotopic (exact) mass is 310 g/mol. The van der Waals surface area contributed by atoms with Gasteiger partial charge in [-0.25, -0.2) is 0 Å². The molecule has 3 N–H and O–H groups in total. The molecule has 1 aromatic rings. The Labute approximate surface area is 127 Å². The van der Waals surface area contributed by atoms with Crippen molar-refractivity contribution in [3.05, 3.63) is 39.9 Å². The van der Waals surface area contributed by atoms with Gasteiger partial charge >= 0.3 is 11.9 Å². The van der Waals surface area contributed by atoms with E-state index in [2.05, 4.69) is 0 Å². The van der Waals surface area contributed by atoms with Gasteiger partial charge in [0.1, 0.15) is 12.0 Å². The second-order valence-electron chi connectivity index (χ2n) is 4.71. The number of nitrogens with zero attached hydrogens (tertiary/aromatic N) is 1. The SMILES string of the molecule is CCCCOC(=O)C(c1cccc([N+](=O)[O-])c1)C(N)C(=O)O. The van der Waals surface area contributed by atoms with Crippen molar-refractivity contribution < 1.29 is 24.4 Å². The summed E-state index contributed by atoms with van der Waals surface area (Å²) in [5, 5.41) is 19.8. The number of benzene rings is 1. The normalized spacial score (nSPS) is 13.2. The third-order valence-electron chi connectivity index (χ3n) is 3.08. The number of hydrogen-bond donors (Lipinski definition) is 2. The van der Waals surface area contributed by atoms with Crippen molar-refractivity contribution in [3.8, 4) is 0 Å². The predicted octanol–water partition coefficient (Wildman–Crippen LogP) is 1.43. The molecule has 0 amide bonds. The lowest BCUT2D eigenvalue weighted by Gasteiger charge is -2.19. The number of carbonyl (C=O) groups is 2. The molecular weight excluding hydrogens is 292 g/mol. The van der Waals surface area contributed by atoms with Gasteiger partial charge in [-0.05, 0) is 12.0 Å². The smallest absolute Gasteiger partial charge is 0.321 e. The van der Waals surface area contributed by atoms with Crippen LogP contribution in [0.2, 0.25) is 0 Å². The second kappa shape index (κ2) is 8.08. The predicted molar refractivity (Wildman–Crippen MR) is 77.3 cm³/mol. The minimum Gasteiger partial charge on any atom is -0.480 e. The van der Waals surface area contributed by atoms with E-state index in [4.69, 9.17) is 15.6 Å². The molecule has 8 heteroatoms. The largest absolute Gasteiger partial charge is 0.480 e. The van der Waals surface area contributed by atoms with E-state index >= 15 is 0 Å². The molecule has 0 aliphatic heterocycles. The standard InChI is InChI=1S/C14H18N2O6/c1-2-3-7-22-14(19)11(12(15)13(17)18)9-5-4-6-10(8-9)16(20)21/h4-6,8,11-12H,2-3,7,15H2,1H3,(H,17,18). The Morgan fingerprint density at radius 3 is 2.68 bits per heavy atom. The van der Waals surface area contributed by atoms with Crippen LogP contribution in [0.3, 0.4) is 0 Å². The summed E-state index contributed by atoms with van der Waals surface area (Å²) in [6.07, 6.45) is 1.44. The van der Waals surface area contributed by atoms with Gasteiger partial charge in [0, 0.05) is 12.1 Å². The highest BCUT2D eigenvalue weighted by Gasteiger charge is 2.34. The molecule has 1 rings (SSSR count). The summed E-state index contributed by atoms with van der Waals surface area (Å²) in [5.41, 5.74) is 5.45. The van der Waals surface area contributed by atoms with Gasteiger partial charge in [-0.3, -0.25) is 19.7 Å². The van der Waals surface area contributed by atoms with Gasteiger partial charge in [-0.15, -0.1) is 0 Å². The van der Waals surface area contributed by atoms with E-state index in [0.717, 1.165) is 12.5 Å². The number of nitro benzene ring substituents is 1. The van der Waals surface area contributed by atoms with Crippen molar-refractivity contribution >= 4 is 17.6 Å². The molecule has 22 heavy (non-hydrogen) atoms. The van der Waals surface area contributed by atoms with Crippen molar-refractivity contribution in [1.29, 1.82) is 0 Å². The van der Waals surface area contributed by atoms with Gasteiger partial charge in [-0.1, -0.05) is 25.5 Å². The number of carboxylic acid groups (broad SMARTS) is 1. The number of nitrogens with two attached hydrogens (primary N) is 1. The molecule has 0 aliphatic rings. The van der Waals surface area contributed by atoms with Gasteiger partial charge in [-0.2, -0.15) is 0 Å². The van der Waals surface area contributed by atoms with E-state index in [0.29, 0.717) is 6.42 Å². The van der Waals surface area contributed by atoms with Crippen LogP contribution in [-0.4, -0.2) is 34.6 Å². The van der Waals surface area contributed by atoms with Crippen LogP contribution in [0.15, 0.2) is 24.3 Å². The Kier molecular flexibility index (Phi) is 6.46. The van der Waals surface area contributed by atoms with Crippen molar-refractivity contribution in [1.82, 2.24) is 0 Å². The number of rotatable bonds is 8. The first-order chi connectivity index (χ1) is 10.4. The van der Waals surface area contributed by atoms with E-state index in [1.54, 1.807) is 0 Å². The number of hydrogen-bond acceptors (Lipinski definition) is 6. The molecule has 2 atom stereocenters. The zero-order valence-corrected chi connectivity index (χ0v) is 12.1. The highest BCUT2D eigenvalue weighted by molar-refractivity contribution is 5.87. The van der Waals surface area contributed by atoms with Crippen LogP contribution >= 0.6 is 0 Å². The number of carboxylic acids is 1. The van der Waals surface area contributed by atoms with Crippen LogP contribution < -0.4 is 5.73 Å². The number of carbonyl (C=O) groups excluding carboxylic acids is 1. The second-order valence-corrected chi connectivity index (χ2v) is 4.71. The molecule has 0 saturated heterocycles. The molecule has 0 saturated carbocycles. The van der Waals surface area contributed by atoms with Gasteiger partial charge in [0.15, 0.2) is 0 Å². The molecule has 1 aromatic carbocycles. The Morgan fingerprint density at radius 1 is 1.45 bits per heavy atom. The van der Waals surface area contributed by atoms with E-state index in [1.807, 2.05) is 6.92 Å². The molecule has 0 bridgehead atoms. The summed E-state index contributed by atoms with van der Waals surface area (Å²) in [6.45, 7) is 2.06. The lowest BCUT2D eigenvalue weighted by Crippen LogP contribution is -2.41. The maximum absolute atomic E-state index is 12.1. The van der Waals surface area contributed by atoms with Crippen molar-refractivity contribution in [2.75, 3.05) is 6.61 Å². The first-order valence-electron chi connectivity index (χ1n) is 6.77. The highest BCUT2D eigenvalue weighted by atomic mass is 16.6. The van der Waals surface area contributed by atoms with Crippen molar-refractivity contribution in [3.63, 3.8) is 0 Å². The zero-order chi connectivity index (χ0) is 16.7. The first kappa shape index (κ1) is 17.6. The molecule has 0 heterocycles. The molecule has 0 radical (unpaired) electrons. The van der Waals surface area contributed by atoms with Crippen LogP contribution in [0.4, 0.5) is 5.69 Å². The van der Waals surface area contributed by atoms with Crippen LogP contribution in [-0.2, 0) is 14.3 Å². The maximum Gasteiger partial charge on any atom is 0.321 e. The Bertz CT molecular complexity index is 560. The number of non-ortho nitro benzene ring substituents is 1. The minimum absolute atomic E-state index is 0.144. The lowest BCUT2D eigenvalue weighted by atomic mass is 9.91. The first-order valence-corrected chi connectivity index (χ1v) is 6.77. The number of aliphatic carboxylic acids is 1. The molecule has 8 nitrogen and oxygen atoms in total. The zero-order valence-electron chi connectivity index (χ0n) is 12.1. The van der Waals surface area contributed by atoms with Gasteiger partial charge in [0.05, 0.1) is 11.5 Å². The third kappa shape index (κ3) is 4.52. The quantitative estimate of drug-likeness (QED) is 0.321. The fourth-order valence-electron chi connectivity index (χ4n) is 1.87. The van der Waals surface area contributed by atoms with Crippen molar-refractivity contribution in [2.24, 2.45) is 5.73 Å². The van der Waals surface area contributed by atoms with Crippen LogP contribution in [0.5, 0.6) is 0 Å². The summed E-state index contributed by atoms with van der Waals surface area (Å²) >= 11 is 0. The average molecular weight is 310 g/mol. The van der Waals surface area contributed by atoms with Crippen LogP contribution in [0.25, 0.3) is 0 Å². The topological polar surface area (TPSA) is 133 Å². The molecule has 0 spiro atoms. The van der Waals surface area contributed by atoms with Gasteiger partial charge < -0.3 is 15.6 Å². The number of esters is 1. The summed E-state index contributed by atoms with van der Waals surface area (Å²) < 4.78 is 5.02.